The predicted octanol–water partition coefficient (Wildman–Crippen LogP) is 1.18. The van der Waals surface area contributed by atoms with Crippen molar-refractivity contribution in [1.82, 2.24) is 15.5 Å². The van der Waals surface area contributed by atoms with Crippen LogP contribution in [0.25, 0.3) is 0 Å². The lowest BCUT2D eigenvalue weighted by Gasteiger charge is -2.20. The first kappa shape index (κ1) is 10.6. The van der Waals surface area contributed by atoms with Crippen LogP contribution < -0.4 is 10.2 Å². The maximum atomic E-state index is 5.68. The Morgan fingerprint density at radius 2 is 2.40 bits per heavy atom. The Labute approximate surface area is 94.6 Å². The minimum Gasteiger partial charge on any atom is -0.358 e. The van der Waals surface area contributed by atoms with Crippen LogP contribution in [0.5, 0.6) is 0 Å². The van der Waals surface area contributed by atoms with Crippen LogP contribution in [0, 0.1) is 5.92 Å². The van der Waals surface area contributed by atoms with Gasteiger partial charge in [0.05, 0.1) is 0 Å². The molecule has 82 valence electrons. The lowest BCUT2D eigenvalue weighted by atomic mass is 10.1. The van der Waals surface area contributed by atoms with Crippen LogP contribution in [-0.2, 0) is 0 Å². The second-order valence-corrected chi connectivity index (χ2v) is 4.34. The van der Waals surface area contributed by atoms with Gasteiger partial charge in [-0.2, -0.15) is 0 Å². The summed E-state index contributed by atoms with van der Waals surface area (Å²) in [6.45, 7) is 3.25. The number of hydrogen-bond acceptors (Lipinski definition) is 4. The fourth-order valence-electron chi connectivity index (χ4n) is 1.86. The van der Waals surface area contributed by atoms with Gasteiger partial charge in [0.25, 0.3) is 0 Å². The molecule has 0 saturated carbocycles. The van der Waals surface area contributed by atoms with Crippen molar-refractivity contribution in [1.29, 1.82) is 0 Å². The molecule has 0 unspecified atom stereocenters. The van der Waals surface area contributed by atoms with E-state index in [0.717, 1.165) is 25.5 Å². The maximum absolute atomic E-state index is 5.68. The van der Waals surface area contributed by atoms with E-state index in [-0.39, 0.29) is 0 Å². The third-order valence-corrected chi connectivity index (χ3v) is 2.91. The summed E-state index contributed by atoms with van der Waals surface area (Å²) in [6.07, 6.45) is 1.24. The molecule has 2 rings (SSSR count). The van der Waals surface area contributed by atoms with Crippen LogP contribution in [0.15, 0.2) is 12.1 Å². The Balaban J connectivity index is 1.94. The van der Waals surface area contributed by atoms with E-state index in [4.69, 9.17) is 11.6 Å². The second kappa shape index (κ2) is 4.77. The fraction of sp³-hybridized carbons (Fsp3) is 0.600. The highest BCUT2D eigenvalue weighted by Crippen LogP contribution is 2.14. The molecular weight excluding hydrogens is 212 g/mol. The number of aromatic nitrogens is 2. The highest BCUT2D eigenvalue weighted by atomic mass is 35.5. The first-order valence-corrected chi connectivity index (χ1v) is 5.54. The van der Waals surface area contributed by atoms with E-state index in [1.54, 1.807) is 6.07 Å². The van der Waals surface area contributed by atoms with Gasteiger partial charge in [-0.25, -0.2) is 0 Å². The number of halogens is 1. The molecule has 1 aliphatic rings. The second-order valence-electron chi connectivity index (χ2n) is 3.95. The van der Waals surface area contributed by atoms with E-state index in [0.29, 0.717) is 11.1 Å². The Bertz CT molecular complexity index is 308. The van der Waals surface area contributed by atoms with Gasteiger partial charge in [-0.05, 0) is 37.6 Å². The van der Waals surface area contributed by atoms with Crippen LogP contribution in [0.4, 0.5) is 5.82 Å². The highest BCUT2D eigenvalue weighted by molar-refractivity contribution is 6.29. The predicted molar refractivity (Wildman–Crippen MR) is 61.3 cm³/mol. The minimum absolute atomic E-state index is 0.440. The molecule has 0 spiro atoms. The van der Waals surface area contributed by atoms with Gasteiger partial charge in [-0.1, -0.05) is 11.6 Å². The number of anilines is 1. The largest absolute Gasteiger partial charge is 0.358 e. The zero-order valence-electron chi connectivity index (χ0n) is 8.78. The highest BCUT2D eigenvalue weighted by Gasteiger charge is 2.17. The van der Waals surface area contributed by atoms with Gasteiger partial charge in [0.1, 0.15) is 0 Å². The summed E-state index contributed by atoms with van der Waals surface area (Å²) in [5.41, 5.74) is 0. The molecule has 2 heterocycles. The molecule has 1 fully saturated rings. The summed E-state index contributed by atoms with van der Waals surface area (Å²) in [7, 11) is 2.04. The number of rotatable bonds is 3. The average molecular weight is 227 g/mol. The van der Waals surface area contributed by atoms with E-state index < -0.39 is 0 Å². The quantitative estimate of drug-likeness (QED) is 0.841. The zero-order valence-corrected chi connectivity index (χ0v) is 9.54. The van der Waals surface area contributed by atoms with Crippen molar-refractivity contribution >= 4 is 17.4 Å². The van der Waals surface area contributed by atoms with Gasteiger partial charge in [0, 0.05) is 13.6 Å². The van der Waals surface area contributed by atoms with Crippen molar-refractivity contribution in [3.63, 3.8) is 0 Å². The van der Waals surface area contributed by atoms with E-state index >= 15 is 0 Å². The molecule has 1 aromatic rings. The van der Waals surface area contributed by atoms with Gasteiger partial charge in [-0.3, -0.25) is 0 Å². The lowest BCUT2D eigenvalue weighted by molar-refractivity contribution is 0.574. The molecule has 1 aliphatic heterocycles. The lowest BCUT2D eigenvalue weighted by Crippen LogP contribution is -2.27. The standard InChI is InChI=1S/C10H15ClN4/c1-15(7-8-4-5-12-6-8)10-3-2-9(11)13-14-10/h2-3,8,12H,4-7H2,1H3/t8-/m1/s1. The van der Waals surface area contributed by atoms with E-state index in [1.807, 2.05) is 13.1 Å². The molecule has 0 bridgehead atoms. The topological polar surface area (TPSA) is 41.0 Å². The Kier molecular flexibility index (Phi) is 3.38. The van der Waals surface area contributed by atoms with E-state index in [9.17, 15) is 0 Å². The summed E-state index contributed by atoms with van der Waals surface area (Å²) in [4.78, 5) is 2.13. The average Bonchev–Trinajstić information content (AvgIpc) is 2.71. The molecular formula is C10H15ClN4. The maximum Gasteiger partial charge on any atom is 0.151 e. The van der Waals surface area contributed by atoms with Crippen molar-refractivity contribution in [2.75, 3.05) is 31.6 Å². The van der Waals surface area contributed by atoms with E-state index in [2.05, 4.69) is 20.4 Å². The van der Waals surface area contributed by atoms with E-state index in [1.165, 1.54) is 6.42 Å². The van der Waals surface area contributed by atoms with Crippen LogP contribution in [0.2, 0.25) is 5.15 Å². The third kappa shape index (κ3) is 2.79. The van der Waals surface area contributed by atoms with Crippen molar-refractivity contribution in [3.05, 3.63) is 17.3 Å². The van der Waals surface area contributed by atoms with Crippen molar-refractivity contribution in [3.8, 4) is 0 Å². The number of hydrogen-bond donors (Lipinski definition) is 1. The summed E-state index contributed by atoms with van der Waals surface area (Å²) < 4.78 is 0. The van der Waals surface area contributed by atoms with Crippen molar-refractivity contribution in [2.45, 2.75) is 6.42 Å². The molecule has 1 atom stereocenters. The molecule has 1 saturated heterocycles. The van der Waals surface area contributed by atoms with Crippen LogP contribution >= 0.6 is 11.6 Å². The van der Waals surface area contributed by atoms with Crippen molar-refractivity contribution < 1.29 is 0 Å². The molecule has 0 aliphatic carbocycles. The Hall–Kier alpha value is -0.870. The molecule has 1 N–H and O–H groups in total. The molecule has 0 aromatic carbocycles. The Morgan fingerprint density at radius 1 is 1.53 bits per heavy atom. The normalized spacial score (nSPS) is 20.5. The third-order valence-electron chi connectivity index (χ3n) is 2.70. The monoisotopic (exact) mass is 226 g/mol. The molecule has 0 amide bonds. The zero-order chi connectivity index (χ0) is 10.7. The minimum atomic E-state index is 0.440. The van der Waals surface area contributed by atoms with Crippen LogP contribution in [0.1, 0.15) is 6.42 Å². The van der Waals surface area contributed by atoms with Crippen molar-refractivity contribution in [2.24, 2.45) is 5.92 Å². The Morgan fingerprint density at radius 3 is 3.00 bits per heavy atom. The number of nitrogens with zero attached hydrogens (tertiary/aromatic N) is 3. The van der Waals surface area contributed by atoms with Crippen LogP contribution in [0.3, 0.4) is 0 Å². The first-order valence-electron chi connectivity index (χ1n) is 5.17. The smallest absolute Gasteiger partial charge is 0.151 e. The SMILES string of the molecule is CN(C[C@@H]1CCNC1)c1ccc(Cl)nn1. The van der Waals surface area contributed by atoms with Gasteiger partial charge >= 0.3 is 0 Å². The molecule has 1 aromatic heterocycles. The van der Waals surface area contributed by atoms with Gasteiger partial charge in [0.2, 0.25) is 0 Å². The van der Waals surface area contributed by atoms with Crippen LogP contribution in [-0.4, -0.2) is 36.9 Å². The summed E-state index contributed by atoms with van der Waals surface area (Å²) >= 11 is 5.68. The van der Waals surface area contributed by atoms with Gasteiger partial charge in [0.15, 0.2) is 11.0 Å². The fourth-order valence-corrected chi connectivity index (χ4v) is 1.96. The summed E-state index contributed by atoms with van der Waals surface area (Å²) in [6, 6.07) is 3.67. The molecule has 15 heavy (non-hydrogen) atoms. The summed E-state index contributed by atoms with van der Waals surface area (Å²) in [5.74, 6) is 1.60. The summed E-state index contributed by atoms with van der Waals surface area (Å²) in [5, 5.41) is 11.7. The van der Waals surface area contributed by atoms with Gasteiger partial charge < -0.3 is 10.2 Å². The number of nitrogens with one attached hydrogen (secondary N) is 1. The molecule has 4 nitrogen and oxygen atoms in total. The van der Waals surface area contributed by atoms with Gasteiger partial charge in [-0.15, -0.1) is 10.2 Å². The molecule has 5 heteroatoms. The molecule has 0 radical (unpaired) electrons. The first-order chi connectivity index (χ1) is 7.25.